The number of halogens is 1. The minimum absolute atomic E-state index is 0.0937. The summed E-state index contributed by atoms with van der Waals surface area (Å²) < 4.78 is 18.4. The SMILES string of the molecule is CCOC(=O)[C@@H]1CCCN(C(=O)c2cnc(-c3ccc(F)cc3)nc2N(C)C(C)C)C1. The number of amides is 1. The van der Waals surface area contributed by atoms with E-state index in [2.05, 4.69) is 9.97 Å². The first-order valence-corrected chi connectivity index (χ1v) is 10.6. The van der Waals surface area contributed by atoms with Crippen molar-refractivity contribution in [3.8, 4) is 11.4 Å². The van der Waals surface area contributed by atoms with Crippen molar-refractivity contribution < 1.29 is 18.7 Å². The van der Waals surface area contributed by atoms with Crippen molar-refractivity contribution in [2.45, 2.75) is 39.7 Å². The van der Waals surface area contributed by atoms with Gasteiger partial charge in [0.1, 0.15) is 17.2 Å². The van der Waals surface area contributed by atoms with Gasteiger partial charge in [0.2, 0.25) is 0 Å². The summed E-state index contributed by atoms with van der Waals surface area (Å²) in [6.07, 6.45) is 2.97. The van der Waals surface area contributed by atoms with Crippen LogP contribution in [0.25, 0.3) is 11.4 Å². The van der Waals surface area contributed by atoms with E-state index < -0.39 is 0 Å². The zero-order valence-electron chi connectivity index (χ0n) is 18.5. The lowest BCUT2D eigenvalue weighted by molar-refractivity contribution is -0.149. The second-order valence-corrected chi connectivity index (χ2v) is 7.98. The van der Waals surface area contributed by atoms with Crippen LogP contribution in [0.3, 0.4) is 0 Å². The zero-order chi connectivity index (χ0) is 22.5. The highest BCUT2D eigenvalue weighted by molar-refractivity contribution is 5.99. The van der Waals surface area contributed by atoms with E-state index in [4.69, 9.17) is 4.74 Å². The van der Waals surface area contributed by atoms with Crippen LogP contribution in [0.1, 0.15) is 44.0 Å². The molecule has 0 unspecified atom stereocenters. The van der Waals surface area contributed by atoms with E-state index in [0.717, 1.165) is 6.42 Å². The van der Waals surface area contributed by atoms with Crippen molar-refractivity contribution in [3.63, 3.8) is 0 Å². The van der Waals surface area contributed by atoms with Gasteiger partial charge in [-0.25, -0.2) is 14.4 Å². The van der Waals surface area contributed by atoms with Gasteiger partial charge in [0.05, 0.1) is 12.5 Å². The Balaban J connectivity index is 1.92. The van der Waals surface area contributed by atoms with Gasteiger partial charge >= 0.3 is 5.97 Å². The third kappa shape index (κ3) is 5.18. The van der Waals surface area contributed by atoms with Crippen molar-refractivity contribution in [3.05, 3.63) is 41.8 Å². The molecule has 1 aromatic heterocycles. The molecule has 31 heavy (non-hydrogen) atoms. The molecule has 0 N–H and O–H groups in total. The predicted octanol–water partition coefficient (Wildman–Crippen LogP) is 3.54. The average Bonchev–Trinajstić information content (AvgIpc) is 2.78. The van der Waals surface area contributed by atoms with Crippen molar-refractivity contribution in [1.29, 1.82) is 0 Å². The summed E-state index contributed by atoms with van der Waals surface area (Å²) in [6, 6.07) is 6.02. The fourth-order valence-electron chi connectivity index (χ4n) is 3.56. The largest absolute Gasteiger partial charge is 0.466 e. The molecule has 0 saturated carbocycles. The lowest BCUT2D eigenvalue weighted by atomic mass is 9.97. The maximum Gasteiger partial charge on any atom is 0.310 e. The summed E-state index contributed by atoms with van der Waals surface area (Å²) >= 11 is 0. The van der Waals surface area contributed by atoms with Crippen LogP contribution < -0.4 is 4.90 Å². The van der Waals surface area contributed by atoms with Crippen LogP contribution in [-0.4, -0.2) is 59.5 Å². The summed E-state index contributed by atoms with van der Waals surface area (Å²) in [5.74, 6) is -0.195. The standard InChI is InChI=1S/C23H29FN4O3/c1-5-31-23(30)17-7-6-12-28(14-17)22(29)19-13-25-20(16-8-10-18(24)11-9-16)26-21(19)27(4)15(2)3/h8-11,13,15,17H,5-7,12,14H2,1-4H3/t17-/m1/s1. The fourth-order valence-corrected chi connectivity index (χ4v) is 3.56. The van der Waals surface area contributed by atoms with Gasteiger partial charge < -0.3 is 14.5 Å². The van der Waals surface area contributed by atoms with Crippen LogP contribution in [0.15, 0.2) is 30.5 Å². The number of carbonyl (C=O) groups is 2. The third-order valence-corrected chi connectivity index (χ3v) is 5.54. The Morgan fingerprint density at radius 1 is 1.29 bits per heavy atom. The number of likely N-dealkylation sites (tertiary alicyclic amines) is 1. The minimum atomic E-state index is -0.337. The molecule has 8 heteroatoms. The molecule has 3 rings (SSSR count). The summed E-state index contributed by atoms with van der Waals surface area (Å²) in [4.78, 5) is 38.2. The van der Waals surface area contributed by atoms with Crippen LogP contribution in [0, 0.1) is 11.7 Å². The van der Waals surface area contributed by atoms with Gasteiger partial charge in [-0.1, -0.05) is 0 Å². The van der Waals surface area contributed by atoms with E-state index in [-0.39, 0.29) is 29.7 Å². The van der Waals surface area contributed by atoms with Gasteiger partial charge in [-0.3, -0.25) is 9.59 Å². The van der Waals surface area contributed by atoms with Gasteiger partial charge in [0, 0.05) is 37.9 Å². The van der Waals surface area contributed by atoms with E-state index in [9.17, 15) is 14.0 Å². The Morgan fingerprint density at radius 2 is 2.00 bits per heavy atom. The number of nitrogens with zero attached hydrogens (tertiary/aromatic N) is 4. The van der Waals surface area contributed by atoms with Gasteiger partial charge in [0.15, 0.2) is 5.82 Å². The van der Waals surface area contributed by atoms with Crippen LogP contribution in [0.2, 0.25) is 0 Å². The number of aromatic nitrogens is 2. The number of esters is 1. The molecular weight excluding hydrogens is 399 g/mol. The maximum absolute atomic E-state index is 13.4. The number of piperidine rings is 1. The summed E-state index contributed by atoms with van der Waals surface area (Å²) in [5, 5.41) is 0. The first-order valence-electron chi connectivity index (χ1n) is 10.6. The molecule has 0 bridgehead atoms. The third-order valence-electron chi connectivity index (χ3n) is 5.54. The molecule has 7 nitrogen and oxygen atoms in total. The lowest BCUT2D eigenvalue weighted by Gasteiger charge is -2.33. The number of benzene rings is 1. The molecule has 1 amide bonds. The lowest BCUT2D eigenvalue weighted by Crippen LogP contribution is -2.43. The van der Waals surface area contributed by atoms with Crippen molar-refractivity contribution in [2.24, 2.45) is 5.92 Å². The van der Waals surface area contributed by atoms with Crippen molar-refractivity contribution >= 4 is 17.7 Å². The average molecular weight is 429 g/mol. The Labute approximate surface area is 182 Å². The summed E-state index contributed by atoms with van der Waals surface area (Å²) in [6.45, 7) is 7.00. The summed E-state index contributed by atoms with van der Waals surface area (Å²) in [7, 11) is 1.87. The second-order valence-electron chi connectivity index (χ2n) is 7.98. The van der Waals surface area contributed by atoms with Gasteiger partial charge in [-0.05, 0) is 57.9 Å². The Hall–Kier alpha value is -3.03. The number of ether oxygens (including phenoxy) is 1. The minimum Gasteiger partial charge on any atom is -0.466 e. The topological polar surface area (TPSA) is 75.6 Å². The molecule has 1 aliphatic heterocycles. The molecule has 1 fully saturated rings. The van der Waals surface area contributed by atoms with Gasteiger partial charge in [-0.2, -0.15) is 0 Å². The van der Waals surface area contributed by atoms with E-state index >= 15 is 0 Å². The zero-order valence-corrected chi connectivity index (χ0v) is 18.5. The molecule has 1 aromatic carbocycles. The van der Waals surface area contributed by atoms with E-state index in [1.54, 1.807) is 24.0 Å². The molecular formula is C23H29FN4O3. The normalized spacial score (nSPS) is 16.3. The Bertz CT molecular complexity index is 933. The predicted molar refractivity (Wildman–Crippen MR) is 116 cm³/mol. The van der Waals surface area contributed by atoms with E-state index in [1.165, 1.54) is 18.3 Å². The number of rotatable bonds is 6. The highest BCUT2D eigenvalue weighted by atomic mass is 19.1. The van der Waals surface area contributed by atoms with Crippen LogP contribution in [0.4, 0.5) is 10.2 Å². The highest BCUT2D eigenvalue weighted by Gasteiger charge is 2.32. The van der Waals surface area contributed by atoms with Crippen LogP contribution in [-0.2, 0) is 9.53 Å². The molecule has 0 aliphatic carbocycles. The Morgan fingerprint density at radius 3 is 2.65 bits per heavy atom. The molecule has 2 aromatic rings. The highest BCUT2D eigenvalue weighted by Crippen LogP contribution is 2.26. The molecule has 0 spiro atoms. The van der Waals surface area contributed by atoms with Gasteiger partial charge in [-0.15, -0.1) is 0 Å². The quantitative estimate of drug-likeness (QED) is 0.655. The molecule has 2 heterocycles. The molecule has 1 aliphatic rings. The monoisotopic (exact) mass is 428 g/mol. The molecule has 1 atom stereocenters. The van der Waals surface area contributed by atoms with Crippen molar-refractivity contribution in [2.75, 3.05) is 31.6 Å². The van der Waals surface area contributed by atoms with E-state index in [0.29, 0.717) is 48.9 Å². The summed E-state index contributed by atoms with van der Waals surface area (Å²) in [5.41, 5.74) is 1.05. The first-order chi connectivity index (χ1) is 14.8. The first kappa shape index (κ1) is 22.7. The number of anilines is 1. The number of carbonyl (C=O) groups excluding carboxylic acids is 2. The molecule has 1 saturated heterocycles. The number of hydrogen-bond donors (Lipinski definition) is 0. The van der Waals surface area contributed by atoms with Crippen LogP contribution in [0.5, 0.6) is 0 Å². The Kier molecular flexibility index (Phi) is 7.20. The second kappa shape index (κ2) is 9.85. The smallest absolute Gasteiger partial charge is 0.310 e. The molecule has 0 radical (unpaired) electrons. The maximum atomic E-state index is 13.4. The molecule has 166 valence electrons. The van der Waals surface area contributed by atoms with E-state index in [1.807, 2.05) is 25.8 Å². The van der Waals surface area contributed by atoms with Gasteiger partial charge in [0.25, 0.3) is 5.91 Å². The fraction of sp³-hybridized carbons (Fsp3) is 0.478. The number of hydrogen-bond acceptors (Lipinski definition) is 6. The van der Waals surface area contributed by atoms with Crippen molar-refractivity contribution in [1.82, 2.24) is 14.9 Å². The van der Waals surface area contributed by atoms with Crippen LogP contribution >= 0.6 is 0 Å².